The molecular weight excluding hydrogens is 348 g/mol. The van der Waals surface area contributed by atoms with Gasteiger partial charge in [-0.1, -0.05) is 30.3 Å². The van der Waals surface area contributed by atoms with Crippen LogP contribution in [-0.2, 0) is 0 Å². The Balaban J connectivity index is 1.37. The number of amides is 1. The first-order valence-corrected chi connectivity index (χ1v) is 9.86. The molecular formula is C24H22N2O2. The van der Waals surface area contributed by atoms with Gasteiger partial charge in [0.15, 0.2) is 5.76 Å². The molecule has 0 spiro atoms. The van der Waals surface area contributed by atoms with Crippen molar-refractivity contribution in [2.24, 2.45) is 0 Å². The summed E-state index contributed by atoms with van der Waals surface area (Å²) in [6.07, 6.45) is 3.82. The van der Waals surface area contributed by atoms with E-state index in [1.165, 1.54) is 24.9 Å². The highest BCUT2D eigenvalue weighted by molar-refractivity contribution is 6.10. The summed E-state index contributed by atoms with van der Waals surface area (Å²) < 4.78 is 5.81. The van der Waals surface area contributed by atoms with Crippen LogP contribution < -0.4 is 10.2 Å². The van der Waals surface area contributed by atoms with Gasteiger partial charge in [0.05, 0.1) is 0 Å². The first-order chi connectivity index (χ1) is 13.8. The summed E-state index contributed by atoms with van der Waals surface area (Å²) in [6, 6.07) is 22.0. The van der Waals surface area contributed by atoms with Crippen LogP contribution in [0.2, 0.25) is 0 Å². The van der Waals surface area contributed by atoms with Crippen LogP contribution >= 0.6 is 0 Å². The van der Waals surface area contributed by atoms with Gasteiger partial charge < -0.3 is 14.6 Å². The van der Waals surface area contributed by atoms with E-state index in [4.69, 9.17) is 4.42 Å². The lowest BCUT2D eigenvalue weighted by molar-refractivity contribution is 0.0998. The van der Waals surface area contributed by atoms with Crippen LogP contribution in [0.1, 0.15) is 29.8 Å². The Kier molecular flexibility index (Phi) is 4.24. The van der Waals surface area contributed by atoms with Crippen molar-refractivity contribution in [1.29, 1.82) is 0 Å². The van der Waals surface area contributed by atoms with Crippen molar-refractivity contribution < 1.29 is 9.21 Å². The van der Waals surface area contributed by atoms with Crippen molar-refractivity contribution in [2.45, 2.75) is 19.3 Å². The summed E-state index contributed by atoms with van der Waals surface area (Å²) in [5.41, 5.74) is 2.72. The second kappa shape index (κ2) is 7.04. The molecule has 0 aliphatic carbocycles. The van der Waals surface area contributed by atoms with Crippen LogP contribution in [-0.4, -0.2) is 19.0 Å². The molecule has 1 aliphatic heterocycles. The SMILES string of the molecule is O=C(Nc1ccc(N2CCCCC2)cc1)c1cc2c(ccc3ccccc32)o1. The standard InChI is InChI=1S/C24H22N2O2/c27-24(25-18-9-11-19(12-10-18)26-14-4-1-5-15-26)23-16-21-20-7-3-2-6-17(20)8-13-22(21)28-23/h2-3,6-13,16H,1,4-5,14-15H2,(H,25,27). The number of anilines is 2. The van der Waals surface area contributed by atoms with Crippen molar-refractivity contribution in [3.63, 3.8) is 0 Å². The zero-order valence-electron chi connectivity index (χ0n) is 15.7. The minimum atomic E-state index is -0.231. The molecule has 2 heterocycles. The maximum atomic E-state index is 12.7. The summed E-state index contributed by atoms with van der Waals surface area (Å²) >= 11 is 0. The van der Waals surface area contributed by atoms with E-state index in [9.17, 15) is 4.79 Å². The molecule has 1 amide bonds. The third-order valence-corrected chi connectivity index (χ3v) is 5.50. The van der Waals surface area contributed by atoms with Crippen molar-refractivity contribution >= 4 is 39.0 Å². The topological polar surface area (TPSA) is 45.5 Å². The highest BCUT2D eigenvalue weighted by Crippen LogP contribution is 2.29. The fourth-order valence-electron chi connectivity index (χ4n) is 4.00. The van der Waals surface area contributed by atoms with E-state index in [1.807, 2.05) is 48.5 Å². The normalized spacial score (nSPS) is 14.5. The van der Waals surface area contributed by atoms with Gasteiger partial charge in [0.2, 0.25) is 0 Å². The number of benzene rings is 3. The molecule has 4 heteroatoms. The lowest BCUT2D eigenvalue weighted by atomic mass is 10.1. The Bertz CT molecular complexity index is 1140. The van der Waals surface area contributed by atoms with E-state index >= 15 is 0 Å². The molecule has 5 rings (SSSR count). The summed E-state index contributed by atoms with van der Waals surface area (Å²) in [5, 5.41) is 6.13. The molecule has 140 valence electrons. The molecule has 0 saturated carbocycles. The molecule has 0 atom stereocenters. The summed E-state index contributed by atoms with van der Waals surface area (Å²) in [5.74, 6) is 0.0949. The molecule has 4 nitrogen and oxygen atoms in total. The average molecular weight is 370 g/mol. The lowest BCUT2D eigenvalue weighted by Gasteiger charge is -2.28. The van der Waals surface area contributed by atoms with Crippen LogP contribution in [0.5, 0.6) is 0 Å². The quantitative estimate of drug-likeness (QED) is 0.493. The van der Waals surface area contributed by atoms with E-state index in [0.29, 0.717) is 5.76 Å². The average Bonchev–Trinajstić information content (AvgIpc) is 3.20. The van der Waals surface area contributed by atoms with Gasteiger partial charge in [0, 0.05) is 29.9 Å². The minimum absolute atomic E-state index is 0.231. The Morgan fingerprint density at radius 3 is 2.46 bits per heavy atom. The van der Waals surface area contributed by atoms with E-state index < -0.39 is 0 Å². The van der Waals surface area contributed by atoms with Crippen molar-refractivity contribution in [2.75, 3.05) is 23.3 Å². The van der Waals surface area contributed by atoms with Gasteiger partial charge >= 0.3 is 0 Å². The van der Waals surface area contributed by atoms with Gasteiger partial charge in [-0.2, -0.15) is 0 Å². The Labute approximate surface area is 163 Å². The number of rotatable bonds is 3. The number of furan rings is 1. The van der Waals surface area contributed by atoms with Crippen molar-refractivity contribution in [1.82, 2.24) is 0 Å². The number of hydrogen-bond acceptors (Lipinski definition) is 3. The molecule has 1 aromatic heterocycles. The number of nitrogens with zero attached hydrogens (tertiary/aromatic N) is 1. The van der Waals surface area contributed by atoms with E-state index in [-0.39, 0.29) is 5.91 Å². The number of carbonyl (C=O) groups excluding carboxylic acids is 1. The molecule has 28 heavy (non-hydrogen) atoms. The van der Waals surface area contributed by atoms with Crippen molar-refractivity contribution in [3.8, 4) is 0 Å². The number of fused-ring (bicyclic) bond motifs is 3. The maximum absolute atomic E-state index is 12.7. The predicted octanol–water partition coefficient (Wildman–Crippen LogP) is 5.83. The van der Waals surface area contributed by atoms with Gasteiger partial charge in [0.25, 0.3) is 5.91 Å². The molecule has 4 aromatic rings. The Morgan fingerprint density at radius 1 is 0.857 bits per heavy atom. The maximum Gasteiger partial charge on any atom is 0.291 e. The molecule has 1 aliphatic rings. The second-order valence-electron chi connectivity index (χ2n) is 7.36. The Hall–Kier alpha value is -3.27. The molecule has 1 fully saturated rings. The van der Waals surface area contributed by atoms with Gasteiger partial charge in [-0.15, -0.1) is 0 Å². The molecule has 0 unspecified atom stereocenters. The fourth-order valence-corrected chi connectivity index (χ4v) is 4.00. The highest BCUT2D eigenvalue weighted by Gasteiger charge is 2.15. The first kappa shape index (κ1) is 16.9. The van der Waals surface area contributed by atoms with Gasteiger partial charge in [-0.3, -0.25) is 4.79 Å². The number of piperidine rings is 1. The minimum Gasteiger partial charge on any atom is -0.451 e. The van der Waals surface area contributed by atoms with Crippen LogP contribution in [0.4, 0.5) is 11.4 Å². The predicted molar refractivity (Wildman–Crippen MR) is 114 cm³/mol. The fraction of sp³-hybridized carbons (Fsp3) is 0.208. The lowest BCUT2D eigenvalue weighted by Crippen LogP contribution is -2.29. The highest BCUT2D eigenvalue weighted by atomic mass is 16.3. The van der Waals surface area contributed by atoms with Crippen LogP contribution in [0, 0.1) is 0 Å². The molecule has 0 bridgehead atoms. The summed E-state index contributed by atoms with van der Waals surface area (Å²) in [7, 11) is 0. The Morgan fingerprint density at radius 2 is 1.64 bits per heavy atom. The summed E-state index contributed by atoms with van der Waals surface area (Å²) in [6.45, 7) is 2.22. The van der Waals surface area contributed by atoms with Crippen LogP contribution in [0.15, 0.2) is 71.1 Å². The molecule has 3 aromatic carbocycles. The largest absolute Gasteiger partial charge is 0.451 e. The van der Waals surface area contributed by atoms with E-state index in [0.717, 1.165) is 40.5 Å². The number of nitrogens with one attached hydrogen (secondary N) is 1. The third kappa shape index (κ3) is 3.11. The van der Waals surface area contributed by atoms with Crippen molar-refractivity contribution in [3.05, 3.63) is 72.5 Å². The molecule has 1 saturated heterocycles. The van der Waals surface area contributed by atoms with E-state index in [1.54, 1.807) is 0 Å². The van der Waals surface area contributed by atoms with Crippen LogP contribution in [0.25, 0.3) is 21.7 Å². The molecule has 1 N–H and O–H groups in total. The van der Waals surface area contributed by atoms with Crippen LogP contribution in [0.3, 0.4) is 0 Å². The second-order valence-corrected chi connectivity index (χ2v) is 7.36. The molecule has 0 radical (unpaired) electrons. The zero-order valence-corrected chi connectivity index (χ0v) is 15.7. The van der Waals surface area contributed by atoms with Gasteiger partial charge in [-0.05, 0) is 66.4 Å². The third-order valence-electron chi connectivity index (χ3n) is 5.50. The smallest absolute Gasteiger partial charge is 0.291 e. The zero-order chi connectivity index (χ0) is 18.9. The number of carbonyl (C=O) groups is 1. The number of hydrogen-bond donors (Lipinski definition) is 1. The van der Waals surface area contributed by atoms with Gasteiger partial charge in [-0.25, -0.2) is 0 Å². The summed E-state index contributed by atoms with van der Waals surface area (Å²) in [4.78, 5) is 15.1. The van der Waals surface area contributed by atoms with E-state index in [2.05, 4.69) is 28.4 Å². The first-order valence-electron chi connectivity index (χ1n) is 9.86. The monoisotopic (exact) mass is 370 g/mol. The van der Waals surface area contributed by atoms with Gasteiger partial charge in [0.1, 0.15) is 5.58 Å².